The van der Waals surface area contributed by atoms with E-state index in [1.165, 1.54) is 17.1 Å². The Morgan fingerprint density at radius 1 is 1.33 bits per heavy atom. The zero-order chi connectivity index (χ0) is 18.8. The number of hydrogen-bond acceptors (Lipinski definition) is 5. The number of hydrogen-bond donors (Lipinski definition) is 2. The summed E-state index contributed by atoms with van der Waals surface area (Å²) in [5, 5.41) is 17.4. The van der Waals surface area contributed by atoms with Gasteiger partial charge in [0.25, 0.3) is 5.91 Å². The lowest BCUT2D eigenvalue weighted by Gasteiger charge is -2.22. The van der Waals surface area contributed by atoms with Gasteiger partial charge in [-0.25, -0.2) is 4.98 Å². The molecule has 2 aromatic heterocycles. The molecule has 2 N–H and O–H groups in total. The molecule has 1 atom stereocenters. The predicted molar refractivity (Wildman–Crippen MR) is 103 cm³/mol. The van der Waals surface area contributed by atoms with E-state index in [0.717, 1.165) is 25.1 Å². The van der Waals surface area contributed by atoms with E-state index in [9.17, 15) is 9.90 Å². The lowest BCUT2D eigenvalue weighted by atomic mass is 10.1. The lowest BCUT2D eigenvalue weighted by molar-refractivity contribution is 0.0943. The number of nitrogens with zero attached hydrogens (tertiary/aromatic N) is 4. The monoisotopic (exact) mass is 365 g/mol. The second kappa shape index (κ2) is 7.36. The van der Waals surface area contributed by atoms with Crippen LogP contribution in [0.1, 0.15) is 30.1 Å². The van der Waals surface area contributed by atoms with E-state index in [-0.39, 0.29) is 11.8 Å². The minimum Gasteiger partial charge on any atom is -0.493 e. The zero-order valence-corrected chi connectivity index (χ0v) is 15.3. The molecule has 1 amide bonds. The number of rotatable bonds is 5. The highest BCUT2D eigenvalue weighted by Gasteiger charge is 2.24. The van der Waals surface area contributed by atoms with Gasteiger partial charge in [-0.3, -0.25) is 9.69 Å². The van der Waals surface area contributed by atoms with Crippen LogP contribution in [0.25, 0.3) is 16.9 Å². The summed E-state index contributed by atoms with van der Waals surface area (Å²) in [7, 11) is 0. The summed E-state index contributed by atoms with van der Waals surface area (Å²) in [4.78, 5) is 19.7. The highest BCUT2D eigenvalue weighted by molar-refractivity contribution is 6.00. The Balaban J connectivity index is 1.60. The number of fused-ring (bicyclic) bond motifs is 1. The van der Waals surface area contributed by atoms with Gasteiger partial charge in [0, 0.05) is 24.2 Å². The molecule has 1 aliphatic rings. The molecular weight excluding hydrogens is 342 g/mol. The van der Waals surface area contributed by atoms with Crippen molar-refractivity contribution in [2.45, 2.75) is 25.8 Å². The Hall–Kier alpha value is -2.93. The van der Waals surface area contributed by atoms with Gasteiger partial charge in [-0.1, -0.05) is 37.3 Å². The summed E-state index contributed by atoms with van der Waals surface area (Å²) in [5.74, 6) is -0.268. The van der Waals surface area contributed by atoms with Gasteiger partial charge in [0.15, 0.2) is 5.65 Å². The molecule has 0 spiro atoms. The first-order valence-electron chi connectivity index (χ1n) is 9.32. The summed E-state index contributed by atoms with van der Waals surface area (Å²) in [6, 6.07) is 11.5. The molecule has 1 unspecified atom stereocenters. The molecule has 1 aromatic carbocycles. The van der Waals surface area contributed by atoms with Gasteiger partial charge in [-0.2, -0.15) is 9.61 Å². The third kappa shape index (κ3) is 3.38. The van der Waals surface area contributed by atoms with E-state index < -0.39 is 0 Å². The van der Waals surface area contributed by atoms with Gasteiger partial charge < -0.3 is 10.4 Å². The van der Waals surface area contributed by atoms with Crippen LogP contribution in [0.4, 0.5) is 0 Å². The Labute approximate surface area is 157 Å². The van der Waals surface area contributed by atoms with Gasteiger partial charge in [0.2, 0.25) is 5.88 Å². The van der Waals surface area contributed by atoms with Crippen LogP contribution >= 0.6 is 0 Å². The van der Waals surface area contributed by atoms with Gasteiger partial charge in [0.1, 0.15) is 5.56 Å². The summed E-state index contributed by atoms with van der Waals surface area (Å²) < 4.78 is 1.29. The van der Waals surface area contributed by atoms with Crippen LogP contribution in [-0.2, 0) is 0 Å². The van der Waals surface area contributed by atoms with Crippen molar-refractivity contribution >= 4 is 11.6 Å². The number of amides is 1. The van der Waals surface area contributed by atoms with Crippen molar-refractivity contribution in [2.75, 3.05) is 19.6 Å². The average molecular weight is 365 g/mol. The first-order valence-corrected chi connectivity index (χ1v) is 9.32. The third-order valence-electron chi connectivity index (χ3n) is 5.17. The second-order valence-electron chi connectivity index (χ2n) is 6.79. The SMILES string of the molecule is CCN1CCCC1CNC(=O)c1cnn2c(O)cc(-c3ccccc3)nc12. The van der Waals surface area contributed by atoms with Crippen LogP contribution in [-0.4, -0.2) is 56.2 Å². The fourth-order valence-corrected chi connectivity index (χ4v) is 3.71. The maximum atomic E-state index is 12.7. The van der Waals surface area contributed by atoms with Crippen LogP contribution in [0, 0.1) is 0 Å². The van der Waals surface area contributed by atoms with Crippen molar-refractivity contribution in [1.29, 1.82) is 0 Å². The summed E-state index contributed by atoms with van der Waals surface area (Å²) in [6.45, 7) is 4.83. The highest BCUT2D eigenvalue weighted by atomic mass is 16.3. The molecule has 1 aliphatic heterocycles. The zero-order valence-electron chi connectivity index (χ0n) is 15.3. The summed E-state index contributed by atoms with van der Waals surface area (Å²) >= 11 is 0. The molecule has 1 saturated heterocycles. The first-order chi connectivity index (χ1) is 13.2. The second-order valence-corrected chi connectivity index (χ2v) is 6.79. The molecule has 27 heavy (non-hydrogen) atoms. The number of carbonyl (C=O) groups excluding carboxylic acids is 1. The Kier molecular flexibility index (Phi) is 4.77. The molecule has 4 rings (SSSR count). The predicted octanol–water partition coefficient (Wildman–Crippen LogP) is 2.32. The normalized spacial score (nSPS) is 17.4. The van der Waals surface area contributed by atoms with Crippen LogP contribution in [0.5, 0.6) is 5.88 Å². The van der Waals surface area contributed by atoms with Crippen molar-refractivity contribution in [3.8, 4) is 17.1 Å². The topological polar surface area (TPSA) is 82.8 Å². The van der Waals surface area contributed by atoms with Gasteiger partial charge in [-0.05, 0) is 25.9 Å². The number of likely N-dealkylation sites (tertiary alicyclic amines) is 1. The number of benzene rings is 1. The largest absolute Gasteiger partial charge is 0.493 e. The molecular formula is C20H23N5O2. The Morgan fingerprint density at radius 2 is 2.15 bits per heavy atom. The molecule has 0 aliphatic carbocycles. The molecule has 7 heteroatoms. The standard InChI is InChI=1S/C20H23N5O2/c1-2-24-10-6-9-15(24)12-21-20(27)16-13-22-25-18(26)11-17(23-19(16)25)14-7-4-3-5-8-14/h3-5,7-8,11,13,15,26H,2,6,9-10,12H2,1H3,(H,21,27). The highest BCUT2D eigenvalue weighted by Crippen LogP contribution is 2.24. The number of carbonyl (C=O) groups is 1. The molecule has 0 radical (unpaired) electrons. The number of aromatic hydroxyl groups is 1. The van der Waals surface area contributed by atoms with E-state index in [1.807, 2.05) is 30.3 Å². The smallest absolute Gasteiger partial charge is 0.256 e. The quantitative estimate of drug-likeness (QED) is 0.725. The molecule has 3 heterocycles. The van der Waals surface area contributed by atoms with Crippen LogP contribution in [0.15, 0.2) is 42.6 Å². The molecule has 0 bridgehead atoms. The van der Waals surface area contributed by atoms with Crippen molar-refractivity contribution < 1.29 is 9.90 Å². The van der Waals surface area contributed by atoms with Gasteiger partial charge >= 0.3 is 0 Å². The van der Waals surface area contributed by atoms with E-state index >= 15 is 0 Å². The molecule has 140 valence electrons. The molecule has 3 aromatic rings. The van der Waals surface area contributed by atoms with E-state index in [0.29, 0.717) is 29.5 Å². The van der Waals surface area contributed by atoms with Crippen LogP contribution in [0.3, 0.4) is 0 Å². The maximum absolute atomic E-state index is 12.7. The molecule has 7 nitrogen and oxygen atoms in total. The van der Waals surface area contributed by atoms with Crippen molar-refractivity contribution in [3.05, 3.63) is 48.2 Å². The van der Waals surface area contributed by atoms with Crippen molar-refractivity contribution in [3.63, 3.8) is 0 Å². The maximum Gasteiger partial charge on any atom is 0.256 e. The lowest BCUT2D eigenvalue weighted by Crippen LogP contribution is -2.40. The summed E-state index contributed by atoms with van der Waals surface area (Å²) in [5.41, 5.74) is 2.18. The third-order valence-corrected chi connectivity index (χ3v) is 5.17. The van der Waals surface area contributed by atoms with Crippen LogP contribution in [0.2, 0.25) is 0 Å². The Morgan fingerprint density at radius 3 is 2.93 bits per heavy atom. The minimum absolute atomic E-state index is 0.0501. The van der Waals surface area contributed by atoms with Crippen molar-refractivity contribution in [1.82, 2.24) is 24.8 Å². The first kappa shape index (κ1) is 17.5. The Bertz CT molecular complexity index is 954. The van der Waals surface area contributed by atoms with Crippen LogP contribution < -0.4 is 5.32 Å². The fraction of sp³-hybridized carbons (Fsp3) is 0.350. The minimum atomic E-state index is -0.218. The van der Waals surface area contributed by atoms with E-state index in [4.69, 9.17) is 0 Å². The number of nitrogens with one attached hydrogen (secondary N) is 1. The number of likely N-dealkylation sites (N-methyl/N-ethyl adjacent to an activating group) is 1. The van der Waals surface area contributed by atoms with Gasteiger partial charge in [0.05, 0.1) is 11.9 Å². The van der Waals surface area contributed by atoms with E-state index in [2.05, 4.69) is 27.2 Å². The number of aromatic nitrogens is 3. The molecule has 0 saturated carbocycles. The fourth-order valence-electron chi connectivity index (χ4n) is 3.71. The van der Waals surface area contributed by atoms with Gasteiger partial charge in [-0.15, -0.1) is 0 Å². The molecule has 1 fully saturated rings. The summed E-state index contributed by atoms with van der Waals surface area (Å²) in [6.07, 6.45) is 3.72. The average Bonchev–Trinajstić information content (AvgIpc) is 3.33. The van der Waals surface area contributed by atoms with Crippen molar-refractivity contribution in [2.24, 2.45) is 0 Å². The van der Waals surface area contributed by atoms with E-state index in [1.54, 1.807) is 6.07 Å².